The zero-order valence-electron chi connectivity index (χ0n) is 14.9. The van der Waals surface area contributed by atoms with Crippen molar-refractivity contribution in [2.75, 3.05) is 13.7 Å². The Morgan fingerprint density at radius 2 is 1.89 bits per heavy atom. The fourth-order valence-electron chi connectivity index (χ4n) is 3.70. The Morgan fingerprint density at radius 3 is 2.44 bits per heavy atom. The third kappa shape index (κ3) is 3.76. The largest absolute Gasteiger partial charge is 0.493 e. The van der Waals surface area contributed by atoms with Gasteiger partial charge in [-0.3, -0.25) is 19.3 Å². The van der Waals surface area contributed by atoms with Gasteiger partial charge in [0.05, 0.1) is 42.0 Å². The molecule has 0 N–H and O–H groups in total. The molecule has 0 unspecified atom stereocenters. The minimum absolute atomic E-state index is 0.0101. The normalized spacial score (nSPS) is 21.6. The number of imide groups is 1. The molecule has 8 heteroatoms. The number of hydrogen-bond donors (Lipinski definition) is 0. The Hall–Kier alpha value is -2.59. The van der Waals surface area contributed by atoms with E-state index in [1.807, 2.05) is 6.07 Å². The maximum Gasteiger partial charge on any atom is 0.313 e. The molecule has 1 aliphatic carbocycles. The number of halogens is 1. The van der Waals surface area contributed by atoms with Crippen molar-refractivity contribution in [3.8, 4) is 17.6 Å². The predicted octanol–water partition coefficient (Wildman–Crippen LogP) is 2.69. The number of carbonyl (C=O) groups excluding carboxylic acids is 3. The molecule has 1 saturated heterocycles. The maximum absolute atomic E-state index is 12.4. The molecule has 27 heavy (non-hydrogen) atoms. The first-order valence-electron chi connectivity index (χ1n) is 8.79. The average molecular weight is 391 g/mol. The molecule has 0 aromatic heterocycles. The number of methoxy groups -OCH3 is 1. The highest BCUT2D eigenvalue weighted by atomic mass is 35.5. The molecule has 2 amide bonds. The van der Waals surface area contributed by atoms with E-state index in [1.165, 1.54) is 24.1 Å². The Labute approximate surface area is 161 Å². The molecule has 3 rings (SSSR count). The summed E-state index contributed by atoms with van der Waals surface area (Å²) in [6.07, 6.45) is 3.22. The third-order valence-electron chi connectivity index (χ3n) is 5.05. The smallest absolute Gasteiger partial charge is 0.313 e. The average Bonchev–Trinajstić information content (AvgIpc) is 2.92. The minimum atomic E-state index is -0.643. The fraction of sp³-hybridized carbons (Fsp3) is 0.474. The summed E-state index contributed by atoms with van der Waals surface area (Å²) in [6.45, 7) is -0.0142. The lowest BCUT2D eigenvalue weighted by Gasteiger charge is -2.19. The minimum Gasteiger partial charge on any atom is -0.493 e. The number of nitrogens with zero attached hydrogens (tertiary/aromatic N) is 2. The molecule has 142 valence electrons. The van der Waals surface area contributed by atoms with Crippen LogP contribution in [0, 0.1) is 23.2 Å². The lowest BCUT2D eigenvalue weighted by molar-refractivity contribution is -0.141. The van der Waals surface area contributed by atoms with Crippen molar-refractivity contribution in [2.45, 2.75) is 32.1 Å². The molecule has 0 spiro atoms. The summed E-state index contributed by atoms with van der Waals surface area (Å²) in [5, 5.41) is 9.02. The molecule has 2 aliphatic rings. The van der Waals surface area contributed by atoms with Gasteiger partial charge in [0.25, 0.3) is 0 Å². The zero-order chi connectivity index (χ0) is 19.6. The van der Waals surface area contributed by atoms with Crippen LogP contribution in [-0.2, 0) is 14.4 Å². The van der Waals surface area contributed by atoms with Gasteiger partial charge in [0.1, 0.15) is 0 Å². The van der Waals surface area contributed by atoms with Crippen molar-refractivity contribution >= 4 is 29.4 Å². The van der Waals surface area contributed by atoms with Crippen molar-refractivity contribution in [1.82, 2.24) is 4.90 Å². The molecule has 2 atom stereocenters. The molecule has 1 aromatic rings. The van der Waals surface area contributed by atoms with Gasteiger partial charge in [-0.2, -0.15) is 5.26 Å². The first kappa shape index (κ1) is 19.2. The van der Waals surface area contributed by atoms with E-state index < -0.39 is 5.97 Å². The second-order valence-corrected chi connectivity index (χ2v) is 7.06. The monoisotopic (exact) mass is 390 g/mol. The molecule has 1 heterocycles. The van der Waals surface area contributed by atoms with Crippen LogP contribution in [0.4, 0.5) is 0 Å². The van der Waals surface area contributed by atoms with Crippen molar-refractivity contribution in [2.24, 2.45) is 11.8 Å². The number of ether oxygens (including phenoxy) is 2. The third-order valence-corrected chi connectivity index (χ3v) is 5.33. The van der Waals surface area contributed by atoms with Crippen LogP contribution >= 0.6 is 11.6 Å². The van der Waals surface area contributed by atoms with E-state index in [2.05, 4.69) is 0 Å². The lowest BCUT2D eigenvalue weighted by Crippen LogP contribution is -2.33. The number of esters is 1. The summed E-state index contributed by atoms with van der Waals surface area (Å²) in [7, 11) is 1.37. The predicted molar refractivity (Wildman–Crippen MR) is 95.1 cm³/mol. The molecule has 0 bridgehead atoms. The molecule has 1 saturated carbocycles. The van der Waals surface area contributed by atoms with Crippen LogP contribution in [-0.4, -0.2) is 36.3 Å². The van der Waals surface area contributed by atoms with Crippen molar-refractivity contribution in [1.29, 1.82) is 5.26 Å². The summed E-state index contributed by atoms with van der Waals surface area (Å²) in [6, 6.07) is 4.71. The summed E-state index contributed by atoms with van der Waals surface area (Å²) < 4.78 is 10.4. The SMILES string of the molecule is COc1cc(C#N)cc(Cl)c1OC(=O)CCN1C(=O)[C@H]2CCCC[C@@H]2C1=O. The molecule has 1 aliphatic heterocycles. The Morgan fingerprint density at radius 1 is 1.26 bits per heavy atom. The van der Waals surface area contributed by atoms with Gasteiger partial charge >= 0.3 is 5.97 Å². The van der Waals surface area contributed by atoms with Gasteiger partial charge in [-0.05, 0) is 18.9 Å². The van der Waals surface area contributed by atoms with Crippen LogP contribution in [0.2, 0.25) is 5.02 Å². The summed E-state index contributed by atoms with van der Waals surface area (Å²) >= 11 is 6.07. The highest BCUT2D eigenvalue weighted by Gasteiger charge is 2.47. The van der Waals surface area contributed by atoms with E-state index in [9.17, 15) is 14.4 Å². The van der Waals surface area contributed by atoms with E-state index in [0.717, 1.165) is 25.7 Å². The van der Waals surface area contributed by atoms with Gasteiger partial charge in [0.2, 0.25) is 11.8 Å². The Bertz CT molecular complexity index is 808. The molecular weight excluding hydrogens is 372 g/mol. The van der Waals surface area contributed by atoms with E-state index in [-0.39, 0.29) is 58.7 Å². The second kappa shape index (κ2) is 7.97. The number of carbonyl (C=O) groups is 3. The standard InChI is InChI=1S/C19H19ClN2O5/c1-26-15-9-11(10-21)8-14(20)17(15)27-16(23)6-7-22-18(24)12-4-2-3-5-13(12)19(22)25/h8-9,12-13H,2-7H2,1H3/t12-,13-/m0/s1. The number of rotatable bonds is 5. The van der Waals surface area contributed by atoms with Crippen LogP contribution < -0.4 is 9.47 Å². The van der Waals surface area contributed by atoms with Gasteiger partial charge in [-0.15, -0.1) is 0 Å². The molecule has 2 fully saturated rings. The summed E-state index contributed by atoms with van der Waals surface area (Å²) in [5.74, 6) is -1.33. The van der Waals surface area contributed by atoms with Gasteiger partial charge in [0.15, 0.2) is 11.5 Å². The summed E-state index contributed by atoms with van der Waals surface area (Å²) in [5.41, 5.74) is 0.271. The quantitative estimate of drug-likeness (QED) is 0.435. The number of hydrogen-bond acceptors (Lipinski definition) is 6. The van der Waals surface area contributed by atoms with Gasteiger partial charge in [0, 0.05) is 12.6 Å². The Balaban J connectivity index is 1.65. The van der Waals surface area contributed by atoms with Crippen LogP contribution in [0.5, 0.6) is 11.5 Å². The van der Waals surface area contributed by atoms with Crippen LogP contribution in [0.1, 0.15) is 37.7 Å². The van der Waals surface area contributed by atoms with E-state index >= 15 is 0 Å². The molecule has 0 radical (unpaired) electrons. The van der Waals surface area contributed by atoms with Crippen molar-refractivity contribution in [3.63, 3.8) is 0 Å². The summed E-state index contributed by atoms with van der Waals surface area (Å²) in [4.78, 5) is 38.3. The van der Waals surface area contributed by atoms with E-state index in [1.54, 1.807) is 0 Å². The maximum atomic E-state index is 12.4. The lowest BCUT2D eigenvalue weighted by atomic mass is 9.81. The van der Waals surface area contributed by atoms with Gasteiger partial charge < -0.3 is 9.47 Å². The molecule has 1 aromatic carbocycles. The highest BCUT2D eigenvalue weighted by Crippen LogP contribution is 2.38. The first-order valence-corrected chi connectivity index (χ1v) is 9.17. The topological polar surface area (TPSA) is 96.7 Å². The molecule has 7 nitrogen and oxygen atoms in total. The van der Waals surface area contributed by atoms with Crippen LogP contribution in [0.3, 0.4) is 0 Å². The van der Waals surface area contributed by atoms with Gasteiger partial charge in [-0.1, -0.05) is 24.4 Å². The Kier molecular flexibility index (Phi) is 5.66. The van der Waals surface area contributed by atoms with Crippen molar-refractivity contribution in [3.05, 3.63) is 22.7 Å². The number of likely N-dealkylation sites (tertiary alicyclic amines) is 1. The van der Waals surface area contributed by atoms with E-state index in [0.29, 0.717) is 0 Å². The first-order chi connectivity index (χ1) is 13.0. The number of nitriles is 1. The van der Waals surface area contributed by atoms with Crippen LogP contribution in [0.25, 0.3) is 0 Å². The highest BCUT2D eigenvalue weighted by molar-refractivity contribution is 6.32. The van der Waals surface area contributed by atoms with Crippen molar-refractivity contribution < 1.29 is 23.9 Å². The molecular formula is C19H19ClN2O5. The number of benzene rings is 1. The van der Waals surface area contributed by atoms with Crippen LogP contribution in [0.15, 0.2) is 12.1 Å². The van der Waals surface area contributed by atoms with E-state index in [4.69, 9.17) is 26.3 Å². The number of fused-ring (bicyclic) bond motifs is 1. The zero-order valence-corrected chi connectivity index (χ0v) is 15.6. The fourth-order valence-corrected chi connectivity index (χ4v) is 3.95. The van der Waals surface area contributed by atoms with Gasteiger partial charge in [-0.25, -0.2) is 0 Å². The number of amides is 2. The second-order valence-electron chi connectivity index (χ2n) is 6.65.